The van der Waals surface area contributed by atoms with Gasteiger partial charge in [-0.2, -0.15) is 0 Å². The zero-order valence-electron chi connectivity index (χ0n) is 16.1. The van der Waals surface area contributed by atoms with Crippen LogP contribution in [0.4, 0.5) is 0 Å². The van der Waals surface area contributed by atoms with Gasteiger partial charge in [-0.15, -0.1) is 0 Å². The molecule has 1 aromatic rings. The van der Waals surface area contributed by atoms with Gasteiger partial charge in [-0.25, -0.2) is 0 Å². The van der Waals surface area contributed by atoms with Crippen molar-refractivity contribution in [1.29, 1.82) is 0 Å². The first-order chi connectivity index (χ1) is 12.4. The smallest absolute Gasteiger partial charge is 0.217 e. The number of nitrogens with zero attached hydrogens (tertiary/aromatic N) is 1. The van der Waals surface area contributed by atoms with E-state index in [9.17, 15) is 9.90 Å². The summed E-state index contributed by atoms with van der Waals surface area (Å²) < 4.78 is 11.0. The third kappa shape index (κ3) is 3.81. The molecule has 0 spiro atoms. The molecular weight excluding hydrogens is 332 g/mol. The molecule has 1 amide bonds. The molecule has 1 aromatic carbocycles. The van der Waals surface area contributed by atoms with E-state index in [-0.39, 0.29) is 11.9 Å². The van der Waals surface area contributed by atoms with E-state index in [1.165, 1.54) is 6.92 Å². The summed E-state index contributed by atoms with van der Waals surface area (Å²) in [7, 11) is 3.37. The van der Waals surface area contributed by atoms with E-state index in [1.54, 1.807) is 14.2 Å². The van der Waals surface area contributed by atoms with E-state index >= 15 is 0 Å². The fourth-order valence-electron chi connectivity index (χ4n) is 4.67. The summed E-state index contributed by atoms with van der Waals surface area (Å²) in [4.78, 5) is 13.8. The van der Waals surface area contributed by atoms with Crippen LogP contribution in [0.1, 0.15) is 30.9 Å². The molecule has 0 bridgehead atoms. The highest BCUT2D eigenvalue weighted by Gasteiger charge is 2.42. The predicted molar refractivity (Wildman–Crippen MR) is 99.4 cm³/mol. The molecule has 1 aliphatic carbocycles. The molecule has 4 atom stereocenters. The van der Waals surface area contributed by atoms with Gasteiger partial charge in [0.25, 0.3) is 0 Å². The predicted octanol–water partition coefficient (Wildman–Crippen LogP) is 1.72. The van der Waals surface area contributed by atoms with E-state index < -0.39 is 6.10 Å². The highest BCUT2D eigenvalue weighted by Crippen LogP contribution is 2.38. The maximum Gasteiger partial charge on any atom is 0.217 e. The highest BCUT2D eigenvalue weighted by atomic mass is 16.5. The molecule has 2 aliphatic rings. The Balaban J connectivity index is 1.68. The van der Waals surface area contributed by atoms with Crippen LogP contribution in [0.5, 0.6) is 11.5 Å². The van der Waals surface area contributed by atoms with Crippen molar-refractivity contribution >= 4 is 5.91 Å². The lowest BCUT2D eigenvalue weighted by Gasteiger charge is -2.35. The number of hydrogen-bond acceptors (Lipinski definition) is 5. The van der Waals surface area contributed by atoms with E-state index in [0.717, 1.165) is 55.1 Å². The molecule has 6 heteroatoms. The minimum atomic E-state index is -0.446. The van der Waals surface area contributed by atoms with Crippen LogP contribution in [-0.4, -0.2) is 55.4 Å². The van der Waals surface area contributed by atoms with Crippen molar-refractivity contribution in [3.63, 3.8) is 0 Å². The van der Waals surface area contributed by atoms with Crippen LogP contribution >= 0.6 is 0 Å². The second-order valence-electron chi connectivity index (χ2n) is 7.65. The van der Waals surface area contributed by atoms with Crippen LogP contribution < -0.4 is 14.8 Å². The number of benzene rings is 1. The minimum Gasteiger partial charge on any atom is -0.496 e. The fraction of sp³-hybridized carbons (Fsp3) is 0.650. The molecule has 1 aliphatic heterocycles. The third-order valence-electron chi connectivity index (χ3n) is 5.86. The highest BCUT2D eigenvalue weighted by molar-refractivity contribution is 5.73. The summed E-state index contributed by atoms with van der Waals surface area (Å²) in [5, 5.41) is 13.3. The third-order valence-corrected chi connectivity index (χ3v) is 5.86. The first-order valence-electron chi connectivity index (χ1n) is 9.30. The molecule has 1 saturated carbocycles. The van der Waals surface area contributed by atoms with Crippen LogP contribution in [0.2, 0.25) is 0 Å². The summed E-state index contributed by atoms with van der Waals surface area (Å²) in [5.41, 5.74) is 2.17. The minimum absolute atomic E-state index is 0.0687. The Bertz CT molecular complexity index is 663. The van der Waals surface area contributed by atoms with Crippen molar-refractivity contribution in [3.05, 3.63) is 23.3 Å². The maximum absolute atomic E-state index is 11.4. The summed E-state index contributed by atoms with van der Waals surface area (Å²) in [6.45, 7) is 6.31. The number of rotatable bonds is 5. The van der Waals surface area contributed by atoms with Gasteiger partial charge >= 0.3 is 0 Å². The second kappa shape index (κ2) is 7.84. The van der Waals surface area contributed by atoms with Crippen LogP contribution in [-0.2, 0) is 11.3 Å². The molecule has 6 nitrogen and oxygen atoms in total. The molecule has 0 radical (unpaired) electrons. The lowest BCUT2D eigenvalue weighted by Crippen LogP contribution is -2.48. The number of fused-ring (bicyclic) bond motifs is 1. The van der Waals surface area contributed by atoms with E-state index in [2.05, 4.69) is 16.3 Å². The van der Waals surface area contributed by atoms with Crippen LogP contribution in [0, 0.1) is 18.8 Å². The first-order valence-corrected chi connectivity index (χ1v) is 9.30. The Morgan fingerprint density at radius 2 is 1.92 bits per heavy atom. The molecule has 26 heavy (non-hydrogen) atoms. The molecule has 3 rings (SSSR count). The number of methoxy groups -OCH3 is 2. The standard InChI is InChI=1S/C20H30N2O4/c1-12-19(25-3)6-5-14(20(12)26-4)9-22-10-15-7-17(21-13(2)23)18(24)8-16(15)11-22/h5-6,15-18,24H,7-11H2,1-4H3,(H,21,23)/t15-,16+,17-,18-/m1/s1. The molecule has 2 N–H and O–H groups in total. The summed E-state index contributed by atoms with van der Waals surface area (Å²) in [6.07, 6.45) is 1.16. The van der Waals surface area contributed by atoms with Gasteiger partial charge in [0.05, 0.1) is 26.4 Å². The lowest BCUT2D eigenvalue weighted by atomic mass is 9.77. The number of aliphatic hydroxyl groups excluding tert-OH is 1. The second-order valence-corrected chi connectivity index (χ2v) is 7.65. The van der Waals surface area contributed by atoms with Gasteiger partial charge in [-0.1, -0.05) is 6.07 Å². The van der Waals surface area contributed by atoms with Gasteiger partial charge in [0, 0.05) is 37.7 Å². The average molecular weight is 362 g/mol. The Morgan fingerprint density at radius 3 is 2.54 bits per heavy atom. The largest absolute Gasteiger partial charge is 0.496 e. The normalized spacial score (nSPS) is 28.5. The summed E-state index contributed by atoms with van der Waals surface area (Å²) in [5.74, 6) is 2.65. The van der Waals surface area contributed by atoms with Crippen molar-refractivity contribution in [2.24, 2.45) is 11.8 Å². The number of carbonyl (C=O) groups is 1. The first kappa shape index (κ1) is 19.0. The number of likely N-dealkylation sites (tertiary alicyclic amines) is 1. The van der Waals surface area contributed by atoms with Crippen molar-refractivity contribution in [2.75, 3.05) is 27.3 Å². The fourth-order valence-corrected chi connectivity index (χ4v) is 4.67. The maximum atomic E-state index is 11.4. The van der Waals surface area contributed by atoms with Crippen molar-refractivity contribution in [2.45, 2.75) is 45.4 Å². The molecule has 0 aromatic heterocycles. The number of aliphatic hydroxyl groups is 1. The number of nitrogens with one attached hydrogen (secondary N) is 1. The van der Waals surface area contributed by atoms with Gasteiger partial charge in [0.15, 0.2) is 0 Å². The molecular formula is C20H30N2O4. The number of hydrogen-bond donors (Lipinski definition) is 2. The molecule has 1 saturated heterocycles. The Hall–Kier alpha value is -1.79. The molecule has 1 heterocycles. The van der Waals surface area contributed by atoms with E-state index in [4.69, 9.17) is 9.47 Å². The molecule has 2 fully saturated rings. The summed E-state index contributed by atoms with van der Waals surface area (Å²) >= 11 is 0. The number of carbonyl (C=O) groups excluding carboxylic acids is 1. The molecule has 0 unspecified atom stereocenters. The van der Waals surface area contributed by atoms with Gasteiger partial charge in [-0.3, -0.25) is 9.69 Å². The van der Waals surface area contributed by atoms with Crippen molar-refractivity contribution in [1.82, 2.24) is 10.2 Å². The SMILES string of the molecule is COc1ccc(CN2C[C@H]3C[C@@H](NC(C)=O)[C@H](O)C[C@H]3C2)c(OC)c1C. The van der Waals surface area contributed by atoms with Gasteiger partial charge in [0.2, 0.25) is 5.91 Å². The van der Waals surface area contributed by atoms with Crippen molar-refractivity contribution < 1.29 is 19.4 Å². The van der Waals surface area contributed by atoms with Crippen LogP contribution in [0.3, 0.4) is 0 Å². The zero-order valence-corrected chi connectivity index (χ0v) is 16.1. The Kier molecular flexibility index (Phi) is 5.73. The number of ether oxygens (including phenoxy) is 2. The summed E-state index contributed by atoms with van der Waals surface area (Å²) in [6, 6.07) is 3.94. The van der Waals surface area contributed by atoms with Crippen LogP contribution in [0.25, 0.3) is 0 Å². The van der Waals surface area contributed by atoms with Crippen molar-refractivity contribution in [3.8, 4) is 11.5 Å². The Morgan fingerprint density at radius 1 is 1.23 bits per heavy atom. The van der Waals surface area contributed by atoms with Crippen LogP contribution in [0.15, 0.2) is 12.1 Å². The quantitative estimate of drug-likeness (QED) is 0.835. The van der Waals surface area contributed by atoms with E-state index in [0.29, 0.717) is 11.8 Å². The Labute approximate surface area is 155 Å². The van der Waals surface area contributed by atoms with Gasteiger partial charge in [0.1, 0.15) is 11.5 Å². The zero-order chi connectivity index (χ0) is 18.8. The molecule has 144 valence electrons. The topological polar surface area (TPSA) is 71.0 Å². The monoisotopic (exact) mass is 362 g/mol. The van der Waals surface area contributed by atoms with Gasteiger partial charge in [-0.05, 0) is 37.7 Å². The van der Waals surface area contributed by atoms with E-state index in [1.807, 2.05) is 13.0 Å². The number of amides is 1. The lowest BCUT2D eigenvalue weighted by molar-refractivity contribution is -0.121. The van der Waals surface area contributed by atoms with Gasteiger partial charge < -0.3 is 19.9 Å². The average Bonchev–Trinajstić information content (AvgIpc) is 2.96.